The third-order valence-corrected chi connectivity index (χ3v) is 4.85. The molecule has 3 aromatic rings. The molecule has 0 radical (unpaired) electrons. The van der Waals surface area contributed by atoms with Gasteiger partial charge in [-0.1, -0.05) is 37.6 Å². The highest BCUT2D eigenvalue weighted by atomic mass is 35.5. The van der Waals surface area contributed by atoms with Crippen molar-refractivity contribution in [2.75, 3.05) is 13.1 Å². The van der Waals surface area contributed by atoms with E-state index in [1.54, 1.807) is 36.4 Å². The lowest BCUT2D eigenvalue weighted by atomic mass is 10.0. The van der Waals surface area contributed by atoms with Crippen molar-refractivity contribution in [2.45, 2.75) is 33.2 Å². The predicted octanol–water partition coefficient (Wildman–Crippen LogP) is 5.44. The van der Waals surface area contributed by atoms with E-state index < -0.39 is 5.63 Å². The topological polar surface area (TPSA) is 53.7 Å². The Bertz CT molecular complexity index is 973. The second-order valence-corrected chi connectivity index (χ2v) is 7.15. The predicted molar refractivity (Wildman–Crippen MR) is 110 cm³/mol. The second-order valence-electron chi connectivity index (χ2n) is 6.71. The summed E-state index contributed by atoms with van der Waals surface area (Å²) in [6.07, 6.45) is 2.05. The number of phenols is 1. The molecule has 0 saturated carbocycles. The molecule has 27 heavy (non-hydrogen) atoms. The maximum absolute atomic E-state index is 12.6. The van der Waals surface area contributed by atoms with E-state index >= 15 is 0 Å². The molecule has 0 atom stereocenters. The Kier molecular flexibility index (Phi) is 6.19. The molecule has 1 N–H and O–H groups in total. The smallest absolute Gasteiger partial charge is 0.344 e. The fourth-order valence-corrected chi connectivity index (χ4v) is 3.47. The Morgan fingerprint density at radius 2 is 1.70 bits per heavy atom. The van der Waals surface area contributed by atoms with E-state index in [1.807, 2.05) is 6.07 Å². The quantitative estimate of drug-likeness (QED) is 0.550. The first-order chi connectivity index (χ1) is 13.0. The van der Waals surface area contributed by atoms with E-state index in [-0.39, 0.29) is 5.75 Å². The van der Waals surface area contributed by atoms with Crippen LogP contribution in [0.5, 0.6) is 5.75 Å². The zero-order chi connectivity index (χ0) is 19.4. The van der Waals surface area contributed by atoms with Crippen LogP contribution >= 0.6 is 11.6 Å². The third-order valence-electron chi connectivity index (χ3n) is 4.60. The molecule has 0 bridgehead atoms. The fourth-order valence-electron chi connectivity index (χ4n) is 3.34. The molecule has 0 fully saturated rings. The van der Waals surface area contributed by atoms with Crippen LogP contribution in [-0.2, 0) is 6.54 Å². The molecular formula is C22H24ClNO3. The lowest BCUT2D eigenvalue weighted by Gasteiger charge is -2.22. The first-order valence-corrected chi connectivity index (χ1v) is 9.68. The molecule has 0 spiro atoms. The van der Waals surface area contributed by atoms with Crippen molar-refractivity contribution >= 4 is 22.6 Å². The van der Waals surface area contributed by atoms with Gasteiger partial charge in [-0.15, -0.1) is 0 Å². The van der Waals surface area contributed by atoms with E-state index in [0.29, 0.717) is 28.3 Å². The molecule has 3 rings (SSSR count). The highest BCUT2D eigenvalue weighted by molar-refractivity contribution is 6.30. The van der Waals surface area contributed by atoms with Crippen LogP contribution in [0, 0.1) is 0 Å². The maximum Gasteiger partial charge on any atom is 0.344 e. The molecule has 0 unspecified atom stereocenters. The van der Waals surface area contributed by atoms with Crippen molar-refractivity contribution in [3.05, 3.63) is 63.5 Å². The van der Waals surface area contributed by atoms with Crippen molar-refractivity contribution in [2.24, 2.45) is 0 Å². The highest BCUT2D eigenvalue weighted by Crippen LogP contribution is 2.30. The molecule has 0 aliphatic rings. The van der Waals surface area contributed by atoms with Crippen molar-refractivity contribution < 1.29 is 9.52 Å². The van der Waals surface area contributed by atoms with E-state index in [0.717, 1.165) is 36.9 Å². The van der Waals surface area contributed by atoms with Gasteiger partial charge in [0, 0.05) is 17.0 Å². The normalized spacial score (nSPS) is 11.4. The molecule has 0 aliphatic carbocycles. The van der Waals surface area contributed by atoms with E-state index in [4.69, 9.17) is 16.0 Å². The van der Waals surface area contributed by atoms with Crippen LogP contribution in [0.25, 0.3) is 22.1 Å². The van der Waals surface area contributed by atoms with Gasteiger partial charge in [0.05, 0.1) is 11.1 Å². The number of halogens is 1. The summed E-state index contributed by atoms with van der Waals surface area (Å²) in [5.74, 6) is 0.155. The molecule has 4 nitrogen and oxygen atoms in total. The van der Waals surface area contributed by atoms with Crippen molar-refractivity contribution in [3.63, 3.8) is 0 Å². The summed E-state index contributed by atoms with van der Waals surface area (Å²) in [6.45, 7) is 6.66. The number of fused-ring (bicyclic) bond motifs is 1. The average Bonchev–Trinajstić information content (AvgIpc) is 2.65. The van der Waals surface area contributed by atoms with Crippen molar-refractivity contribution in [3.8, 4) is 16.9 Å². The number of aromatic hydroxyl groups is 1. The SMILES string of the molecule is CCCN(CCC)Cc1c(O)ccc2cc(-c3ccc(Cl)cc3)c(=O)oc12. The molecule has 142 valence electrons. The summed E-state index contributed by atoms with van der Waals surface area (Å²) in [7, 11) is 0. The Morgan fingerprint density at radius 1 is 1.04 bits per heavy atom. The van der Waals surface area contributed by atoms with Crippen LogP contribution < -0.4 is 5.63 Å². The largest absolute Gasteiger partial charge is 0.507 e. The molecule has 0 saturated heterocycles. The summed E-state index contributed by atoms with van der Waals surface area (Å²) >= 11 is 5.94. The number of rotatable bonds is 7. The van der Waals surface area contributed by atoms with Gasteiger partial charge in [-0.25, -0.2) is 4.79 Å². The number of hydrogen-bond donors (Lipinski definition) is 1. The average molecular weight is 386 g/mol. The van der Waals surface area contributed by atoms with Crippen molar-refractivity contribution in [1.82, 2.24) is 4.90 Å². The molecule has 0 amide bonds. The number of nitrogens with zero attached hydrogens (tertiary/aromatic N) is 1. The summed E-state index contributed by atoms with van der Waals surface area (Å²) < 4.78 is 5.67. The Labute approximate surface area is 164 Å². The Morgan fingerprint density at radius 3 is 2.33 bits per heavy atom. The summed E-state index contributed by atoms with van der Waals surface area (Å²) in [5, 5.41) is 11.8. The van der Waals surface area contributed by atoms with Crippen LogP contribution in [0.15, 0.2) is 51.7 Å². The van der Waals surface area contributed by atoms with E-state index in [9.17, 15) is 9.90 Å². The minimum atomic E-state index is -0.422. The van der Waals surface area contributed by atoms with Crippen LogP contribution in [0.1, 0.15) is 32.3 Å². The van der Waals surface area contributed by atoms with Gasteiger partial charge < -0.3 is 9.52 Å². The fraction of sp³-hybridized carbons (Fsp3) is 0.318. The van der Waals surface area contributed by atoms with Gasteiger partial charge in [0.1, 0.15) is 11.3 Å². The van der Waals surface area contributed by atoms with Gasteiger partial charge in [-0.2, -0.15) is 0 Å². The van der Waals surface area contributed by atoms with Crippen molar-refractivity contribution in [1.29, 1.82) is 0 Å². The van der Waals surface area contributed by atoms with Crippen LogP contribution in [0.2, 0.25) is 5.02 Å². The molecule has 1 heterocycles. The molecule has 2 aromatic carbocycles. The lowest BCUT2D eigenvalue weighted by molar-refractivity contribution is 0.262. The van der Waals surface area contributed by atoms with Crippen LogP contribution in [-0.4, -0.2) is 23.1 Å². The third kappa shape index (κ3) is 4.34. The molecule has 1 aromatic heterocycles. The van der Waals surface area contributed by atoms with Crippen LogP contribution in [0.3, 0.4) is 0 Å². The van der Waals surface area contributed by atoms with Gasteiger partial charge in [0.15, 0.2) is 0 Å². The van der Waals surface area contributed by atoms with E-state index in [1.165, 1.54) is 0 Å². The number of phenolic OH excluding ortho intramolecular Hbond substituents is 1. The Hall–Kier alpha value is -2.30. The monoisotopic (exact) mass is 385 g/mol. The molecular weight excluding hydrogens is 362 g/mol. The number of hydrogen-bond acceptors (Lipinski definition) is 4. The summed E-state index contributed by atoms with van der Waals surface area (Å²) in [5.41, 5.74) is 1.93. The highest BCUT2D eigenvalue weighted by Gasteiger charge is 2.16. The second kappa shape index (κ2) is 8.59. The van der Waals surface area contributed by atoms with E-state index in [2.05, 4.69) is 18.7 Å². The van der Waals surface area contributed by atoms with Gasteiger partial charge >= 0.3 is 5.63 Å². The zero-order valence-corrected chi connectivity index (χ0v) is 16.4. The molecule has 0 aliphatic heterocycles. The summed E-state index contributed by atoms with van der Waals surface area (Å²) in [4.78, 5) is 14.9. The minimum absolute atomic E-state index is 0.155. The summed E-state index contributed by atoms with van der Waals surface area (Å²) in [6, 6.07) is 12.3. The van der Waals surface area contributed by atoms with Crippen LogP contribution in [0.4, 0.5) is 0 Å². The Balaban J connectivity index is 2.08. The molecule has 5 heteroatoms. The lowest BCUT2D eigenvalue weighted by Crippen LogP contribution is -2.25. The first-order valence-electron chi connectivity index (χ1n) is 9.30. The van der Waals surface area contributed by atoms with Gasteiger partial charge in [0.25, 0.3) is 0 Å². The van der Waals surface area contributed by atoms with Gasteiger partial charge in [-0.05, 0) is 61.8 Å². The zero-order valence-electron chi connectivity index (χ0n) is 15.7. The van der Waals surface area contributed by atoms with Gasteiger partial charge in [-0.3, -0.25) is 4.90 Å². The standard InChI is InChI=1S/C22H24ClNO3/c1-3-11-24(12-4-2)14-19-20(25)10-7-16-13-18(22(26)27-21(16)19)15-5-8-17(23)9-6-15/h5-10,13,25H,3-4,11-12,14H2,1-2H3. The minimum Gasteiger partial charge on any atom is -0.507 e. The van der Waals surface area contributed by atoms with Gasteiger partial charge in [0.2, 0.25) is 0 Å². The first kappa shape index (κ1) is 19.5. The maximum atomic E-state index is 12.6. The number of benzene rings is 2.